The predicted molar refractivity (Wildman–Crippen MR) is 134 cm³/mol. The standard InChI is InChI=1S/C27H28N4O4/c1-5-33-27-21(10-12-24(32)28-19-9-11-22-23(14-19)35-15-34-22)17(3)25-18(4)30-31(26(25)29-27)20-8-6-7-16(2)13-20/h6-9,11,13-14H,5,10,12,15H2,1-4H3,(H,28,32). The van der Waals surface area contributed by atoms with Crippen LogP contribution in [0.5, 0.6) is 17.4 Å². The molecule has 1 aliphatic heterocycles. The fourth-order valence-electron chi connectivity index (χ4n) is 4.46. The van der Waals surface area contributed by atoms with Crippen molar-refractivity contribution in [3.63, 3.8) is 0 Å². The van der Waals surface area contributed by atoms with Crippen molar-refractivity contribution in [1.82, 2.24) is 14.8 Å². The number of anilines is 1. The Hall–Kier alpha value is -4.07. The number of aromatic nitrogens is 3. The molecule has 3 heterocycles. The molecule has 35 heavy (non-hydrogen) atoms. The third-order valence-corrected chi connectivity index (χ3v) is 6.11. The summed E-state index contributed by atoms with van der Waals surface area (Å²) in [6.07, 6.45) is 0.781. The van der Waals surface area contributed by atoms with Gasteiger partial charge in [0.05, 0.1) is 18.0 Å². The van der Waals surface area contributed by atoms with Gasteiger partial charge in [0.2, 0.25) is 18.6 Å². The normalized spacial score (nSPS) is 12.2. The molecule has 4 aromatic rings. The Labute approximate surface area is 203 Å². The van der Waals surface area contributed by atoms with E-state index in [4.69, 9.17) is 24.3 Å². The van der Waals surface area contributed by atoms with E-state index in [-0.39, 0.29) is 19.1 Å². The van der Waals surface area contributed by atoms with Gasteiger partial charge in [-0.1, -0.05) is 12.1 Å². The van der Waals surface area contributed by atoms with Gasteiger partial charge in [-0.05, 0) is 69.5 Å². The van der Waals surface area contributed by atoms with Crippen molar-refractivity contribution >= 4 is 22.6 Å². The molecule has 0 saturated carbocycles. The first-order valence-electron chi connectivity index (χ1n) is 11.7. The highest BCUT2D eigenvalue weighted by atomic mass is 16.7. The molecule has 1 aliphatic rings. The minimum Gasteiger partial charge on any atom is -0.478 e. The Balaban J connectivity index is 1.43. The maximum absolute atomic E-state index is 12.8. The number of carbonyl (C=O) groups is 1. The zero-order valence-corrected chi connectivity index (χ0v) is 20.3. The molecule has 0 bridgehead atoms. The number of hydrogen-bond acceptors (Lipinski definition) is 6. The zero-order chi connectivity index (χ0) is 24.5. The largest absolute Gasteiger partial charge is 0.478 e. The highest BCUT2D eigenvalue weighted by molar-refractivity contribution is 5.91. The average molecular weight is 473 g/mol. The molecule has 8 heteroatoms. The number of rotatable bonds is 7. The first kappa shape index (κ1) is 22.7. The molecule has 0 unspecified atom stereocenters. The second-order valence-electron chi connectivity index (χ2n) is 8.60. The number of carbonyl (C=O) groups excluding carboxylic acids is 1. The van der Waals surface area contributed by atoms with Gasteiger partial charge in [0.15, 0.2) is 17.1 Å². The Morgan fingerprint density at radius 3 is 2.74 bits per heavy atom. The van der Waals surface area contributed by atoms with E-state index in [0.717, 1.165) is 39.1 Å². The summed E-state index contributed by atoms with van der Waals surface area (Å²) in [6, 6.07) is 13.5. The van der Waals surface area contributed by atoms with Crippen molar-refractivity contribution in [2.75, 3.05) is 18.7 Å². The van der Waals surface area contributed by atoms with Gasteiger partial charge in [-0.15, -0.1) is 0 Å². The first-order valence-corrected chi connectivity index (χ1v) is 11.7. The van der Waals surface area contributed by atoms with Crippen LogP contribution in [0.2, 0.25) is 0 Å². The second kappa shape index (κ2) is 9.29. The molecule has 5 rings (SSSR count). The molecule has 2 aromatic heterocycles. The van der Waals surface area contributed by atoms with Gasteiger partial charge in [0.1, 0.15) is 0 Å². The number of nitrogens with one attached hydrogen (secondary N) is 1. The number of amides is 1. The highest BCUT2D eigenvalue weighted by Crippen LogP contribution is 2.35. The van der Waals surface area contributed by atoms with Gasteiger partial charge in [-0.25, -0.2) is 4.68 Å². The fraction of sp³-hybridized carbons (Fsp3) is 0.296. The first-order chi connectivity index (χ1) is 16.9. The van der Waals surface area contributed by atoms with E-state index in [1.807, 2.05) is 37.6 Å². The van der Waals surface area contributed by atoms with Crippen LogP contribution >= 0.6 is 0 Å². The number of fused-ring (bicyclic) bond motifs is 2. The van der Waals surface area contributed by atoms with Gasteiger partial charge in [0.25, 0.3) is 0 Å². The van der Waals surface area contributed by atoms with Crippen LogP contribution in [-0.2, 0) is 11.2 Å². The van der Waals surface area contributed by atoms with Crippen LogP contribution in [-0.4, -0.2) is 34.1 Å². The predicted octanol–water partition coefficient (Wildman–Crippen LogP) is 5.04. The van der Waals surface area contributed by atoms with Crippen molar-refractivity contribution in [3.8, 4) is 23.1 Å². The number of aryl methyl sites for hydroxylation is 3. The Morgan fingerprint density at radius 2 is 1.94 bits per heavy atom. The summed E-state index contributed by atoms with van der Waals surface area (Å²) < 4.78 is 18.5. The number of ether oxygens (including phenoxy) is 3. The molecular formula is C27H28N4O4. The molecule has 0 atom stereocenters. The van der Waals surface area contributed by atoms with E-state index < -0.39 is 0 Å². The summed E-state index contributed by atoms with van der Waals surface area (Å²) in [7, 11) is 0. The summed E-state index contributed by atoms with van der Waals surface area (Å²) in [5.74, 6) is 1.76. The van der Waals surface area contributed by atoms with Gasteiger partial charge in [-0.3, -0.25) is 4.79 Å². The molecule has 0 spiro atoms. The molecule has 0 aliphatic carbocycles. The summed E-state index contributed by atoms with van der Waals surface area (Å²) >= 11 is 0. The lowest BCUT2D eigenvalue weighted by atomic mass is 10.0. The molecule has 2 aromatic carbocycles. The van der Waals surface area contributed by atoms with Crippen molar-refractivity contribution < 1.29 is 19.0 Å². The molecule has 0 saturated heterocycles. The number of nitrogens with zero attached hydrogens (tertiary/aromatic N) is 3. The third kappa shape index (κ3) is 4.39. The second-order valence-corrected chi connectivity index (χ2v) is 8.60. The summed E-state index contributed by atoms with van der Waals surface area (Å²) in [5.41, 5.74) is 6.37. The van der Waals surface area contributed by atoms with Crippen molar-refractivity contribution in [2.24, 2.45) is 0 Å². The Morgan fingerprint density at radius 1 is 1.11 bits per heavy atom. The van der Waals surface area contributed by atoms with E-state index in [1.165, 1.54) is 0 Å². The van der Waals surface area contributed by atoms with Gasteiger partial charge in [-0.2, -0.15) is 10.1 Å². The Bertz CT molecular complexity index is 1430. The molecule has 0 radical (unpaired) electrons. The van der Waals surface area contributed by atoms with Crippen LogP contribution in [0.1, 0.15) is 35.7 Å². The van der Waals surface area contributed by atoms with E-state index in [2.05, 4.69) is 24.4 Å². The van der Waals surface area contributed by atoms with Crippen molar-refractivity contribution in [1.29, 1.82) is 0 Å². The topological polar surface area (TPSA) is 87.5 Å². The molecule has 1 amide bonds. The van der Waals surface area contributed by atoms with Crippen LogP contribution in [0.15, 0.2) is 42.5 Å². The van der Waals surface area contributed by atoms with Gasteiger partial charge < -0.3 is 19.5 Å². The lowest BCUT2D eigenvalue weighted by Gasteiger charge is -2.14. The minimum absolute atomic E-state index is 0.0991. The summed E-state index contributed by atoms with van der Waals surface area (Å²) in [5, 5.41) is 8.71. The highest BCUT2D eigenvalue weighted by Gasteiger charge is 2.21. The summed E-state index contributed by atoms with van der Waals surface area (Å²) in [4.78, 5) is 17.6. The maximum atomic E-state index is 12.8. The lowest BCUT2D eigenvalue weighted by molar-refractivity contribution is -0.116. The quantitative estimate of drug-likeness (QED) is 0.405. The molecule has 180 valence electrons. The van der Waals surface area contributed by atoms with Gasteiger partial charge in [0, 0.05) is 29.1 Å². The van der Waals surface area contributed by atoms with Crippen LogP contribution in [0.3, 0.4) is 0 Å². The molecule has 1 N–H and O–H groups in total. The number of pyridine rings is 1. The average Bonchev–Trinajstić information content (AvgIpc) is 3.43. The van der Waals surface area contributed by atoms with E-state index in [1.54, 1.807) is 18.2 Å². The monoisotopic (exact) mass is 472 g/mol. The number of hydrogen-bond donors (Lipinski definition) is 1. The van der Waals surface area contributed by atoms with Crippen LogP contribution in [0.25, 0.3) is 16.7 Å². The van der Waals surface area contributed by atoms with Crippen molar-refractivity contribution in [3.05, 3.63) is 64.8 Å². The molecule has 0 fully saturated rings. The minimum atomic E-state index is -0.0991. The third-order valence-electron chi connectivity index (χ3n) is 6.11. The van der Waals surface area contributed by atoms with Crippen molar-refractivity contribution in [2.45, 2.75) is 40.5 Å². The SMILES string of the molecule is CCOc1nc2c(c(C)nn2-c2cccc(C)c2)c(C)c1CCC(=O)Nc1ccc2c(c1)OCO2. The van der Waals surface area contributed by atoms with Crippen LogP contribution < -0.4 is 19.5 Å². The van der Waals surface area contributed by atoms with Gasteiger partial charge >= 0.3 is 0 Å². The zero-order valence-electron chi connectivity index (χ0n) is 20.3. The molecular weight excluding hydrogens is 444 g/mol. The fourth-order valence-corrected chi connectivity index (χ4v) is 4.46. The van der Waals surface area contributed by atoms with E-state index in [0.29, 0.717) is 36.1 Å². The lowest BCUT2D eigenvalue weighted by Crippen LogP contribution is -2.13. The van der Waals surface area contributed by atoms with Crippen LogP contribution in [0.4, 0.5) is 5.69 Å². The van der Waals surface area contributed by atoms with Crippen LogP contribution in [0, 0.1) is 20.8 Å². The van der Waals surface area contributed by atoms with E-state index >= 15 is 0 Å². The number of benzene rings is 2. The maximum Gasteiger partial charge on any atom is 0.231 e. The van der Waals surface area contributed by atoms with E-state index in [9.17, 15) is 4.79 Å². The summed E-state index contributed by atoms with van der Waals surface area (Å²) in [6.45, 7) is 8.69. The molecule has 8 nitrogen and oxygen atoms in total. The Kier molecular flexibility index (Phi) is 6.03. The smallest absolute Gasteiger partial charge is 0.231 e.